The van der Waals surface area contributed by atoms with Gasteiger partial charge in [-0.1, -0.05) is 0 Å². The number of hydrogen-bond acceptors (Lipinski definition) is 3. The predicted molar refractivity (Wildman–Crippen MR) is 82.7 cm³/mol. The van der Waals surface area contributed by atoms with Crippen LogP contribution in [0.2, 0.25) is 0 Å². The Hall–Kier alpha value is -2.08. The summed E-state index contributed by atoms with van der Waals surface area (Å²) in [5.41, 5.74) is 7.44. The molecule has 0 bridgehead atoms. The van der Waals surface area contributed by atoms with Gasteiger partial charge in [0, 0.05) is 23.4 Å². The molecule has 4 nitrogen and oxygen atoms in total. The van der Waals surface area contributed by atoms with Crippen molar-refractivity contribution in [2.75, 3.05) is 12.8 Å². The Morgan fingerprint density at radius 2 is 2.10 bits per heavy atom. The van der Waals surface area contributed by atoms with Gasteiger partial charge in [-0.2, -0.15) is 0 Å². The van der Waals surface area contributed by atoms with Crippen LogP contribution in [0.3, 0.4) is 0 Å². The molecule has 0 saturated carbocycles. The van der Waals surface area contributed by atoms with Gasteiger partial charge in [0.15, 0.2) is 0 Å². The number of benzene rings is 2. The molecule has 0 aromatic heterocycles. The second kappa shape index (κ2) is 6.58. The summed E-state index contributed by atoms with van der Waals surface area (Å²) in [6.45, 7) is 0.266. The first-order valence-corrected chi connectivity index (χ1v) is 6.96. The molecular formula is C15H14BrFN2O2. The van der Waals surface area contributed by atoms with Crippen molar-refractivity contribution < 1.29 is 13.9 Å². The van der Waals surface area contributed by atoms with Crippen LogP contribution in [0.4, 0.5) is 10.1 Å². The summed E-state index contributed by atoms with van der Waals surface area (Å²) >= 11 is 3.05. The number of carbonyl (C=O) groups is 1. The lowest BCUT2D eigenvalue weighted by Crippen LogP contribution is -2.23. The smallest absolute Gasteiger partial charge is 0.251 e. The minimum atomic E-state index is -0.413. The van der Waals surface area contributed by atoms with E-state index in [2.05, 4.69) is 21.2 Å². The third kappa shape index (κ3) is 3.72. The molecule has 2 aromatic carbocycles. The van der Waals surface area contributed by atoms with Crippen LogP contribution in [-0.4, -0.2) is 13.0 Å². The minimum absolute atomic E-state index is 0.247. The van der Waals surface area contributed by atoms with Gasteiger partial charge in [-0.25, -0.2) is 4.39 Å². The first kappa shape index (κ1) is 15.3. The fraction of sp³-hybridized carbons (Fsp3) is 0.133. The van der Waals surface area contributed by atoms with Gasteiger partial charge in [-0.3, -0.25) is 4.79 Å². The number of nitrogens with one attached hydrogen (secondary N) is 1. The topological polar surface area (TPSA) is 64.3 Å². The van der Waals surface area contributed by atoms with E-state index in [1.54, 1.807) is 25.3 Å². The van der Waals surface area contributed by atoms with Crippen molar-refractivity contribution in [2.24, 2.45) is 0 Å². The molecule has 1 amide bonds. The molecule has 0 fully saturated rings. The van der Waals surface area contributed by atoms with Crippen LogP contribution < -0.4 is 15.8 Å². The molecule has 0 aliphatic carbocycles. The van der Waals surface area contributed by atoms with Gasteiger partial charge in [0.2, 0.25) is 0 Å². The molecule has 0 aliphatic heterocycles. The SMILES string of the molecule is COc1ccc(N)cc1CNC(=O)c1ccc(F)c(Br)c1. The van der Waals surface area contributed by atoms with Crippen molar-refractivity contribution >= 4 is 27.5 Å². The van der Waals surface area contributed by atoms with Crippen LogP contribution in [0.1, 0.15) is 15.9 Å². The number of hydrogen-bond donors (Lipinski definition) is 2. The monoisotopic (exact) mass is 352 g/mol. The highest BCUT2D eigenvalue weighted by Crippen LogP contribution is 2.21. The van der Waals surface area contributed by atoms with Gasteiger partial charge >= 0.3 is 0 Å². The van der Waals surface area contributed by atoms with Gasteiger partial charge in [0.1, 0.15) is 11.6 Å². The van der Waals surface area contributed by atoms with Gasteiger partial charge in [0.05, 0.1) is 11.6 Å². The third-order valence-electron chi connectivity index (χ3n) is 2.93. The summed E-state index contributed by atoms with van der Waals surface area (Å²) in [5, 5.41) is 2.75. The minimum Gasteiger partial charge on any atom is -0.496 e. The van der Waals surface area contributed by atoms with Crippen LogP contribution in [0, 0.1) is 5.82 Å². The van der Waals surface area contributed by atoms with Crippen molar-refractivity contribution in [3.8, 4) is 5.75 Å². The van der Waals surface area contributed by atoms with E-state index < -0.39 is 5.82 Å². The van der Waals surface area contributed by atoms with Crippen molar-refractivity contribution in [1.82, 2.24) is 5.32 Å². The molecule has 3 N–H and O–H groups in total. The molecule has 6 heteroatoms. The Bertz CT molecular complexity index is 677. The fourth-order valence-corrected chi connectivity index (χ4v) is 2.23. The summed E-state index contributed by atoms with van der Waals surface area (Å²) < 4.78 is 18.6. The molecule has 0 aliphatic rings. The number of ether oxygens (including phenoxy) is 1. The lowest BCUT2D eigenvalue weighted by Gasteiger charge is -2.11. The van der Waals surface area contributed by atoms with E-state index in [-0.39, 0.29) is 16.9 Å². The van der Waals surface area contributed by atoms with Gasteiger partial charge < -0.3 is 15.8 Å². The van der Waals surface area contributed by atoms with Gasteiger partial charge in [-0.15, -0.1) is 0 Å². The van der Waals surface area contributed by atoms with Crippen LogP contribution in [0.15, 0.2) is 40.9 Å². The maximum atomic E-state index is 13.1. The molecule has 2 aromatic rings. The lowest BCUT2D eigenvalue weighted by atomic mass is 10.1. The highest BCUT2D eigenvalue weighted by molar-refractivity contribution is 9.10. The maximum absolute atomic E-state index is 13.1. The molecule has 0 heterocycles. The van der Waals surface area contributed by atoms with Crippen molar-refractivity contribution in [3.63, 3.8) is 0 Å². The van der Waals surface area contributed by atoms with Crippen LogP contribution in [-0.2, 0) is 6.54 Å². The first-order valence-electron chi connectivity index (χ1n) is 6.17. The molecule has 110 valence electrons. The summed E-state index contributed by atoms with van der Waals surface area (Å²) in [6.07, 6.45) is 0. The summed E-state index contributed by atoms with van der Waals surface area (Å²) in [6, 6.07) is 9.29. The quantitative estimate of drug-likeness (QED) is 0.831. The zero-order chi connectivity index (χ0) is 15.4. The normalized spacial score (nSPS) is 10.2. The average molecular weight is 353 g/mol. The van der Waals surface area contributed by atoms with Crippen LogP contribution in [0.5, 0.6) is 5.75 Å². The Balaban J connectivity index is 2.10. The second-order valence-electron chi connectivity index (χ2n) is 4.38. The van der Waals surface area contributed by atoms with Crippen molar-refractivity contribution in [3.05, 3.63) is 57.8 Å². The number of nitrogens with two attached hydrogens (primary N) is 1. The van der Waals surface area contributed by atoms with Crippen molar-refractivity contribution in [2.45, 2.75) is 6.54 Å². The van der Waals surface area contributed by atoms with Crippen LogP contribution >= 0.6 is 15.9 Å². The first-order chi connectivity index (χ1) is 10.0. The van der Waals surface area contributed by atoms with Gasteiger partial charge in [0.25, 0.3) is 5.91 Å². The van der Waals surface area contributed by atoms with E-state index >= 15 is 0 Å². The van der Waals surface area contributed by atoms with Gasteiger partial charge in [-0.05, 0) is 52.3 Å². The van der Waals surface area contributed by atoms with Crippen molar-refractivity contribution in [1.29, 1.82) is 0 Å². The maximum Gasteiger partial charge on any atom is 0.251 e. The van der Waals surface area contributed by atoms with E-state index in [4.69, 9.17) is 10.5 Å². The molecule has 2 rings (SSSR count). The molecule has 0 atom stereocenters. The number of amides is 1. The molecular weight excluding hydrogens is 339 g/mol. The summed E-state index contributed by atoms with van der Waals surface area (Å²) in [4.78, 5) is 12.0. The predicted octanol–water partition coefficient (Wildman–Crippen LogP) is 3.11. The average Bonchev–Trinajstić information content (AvgIpc) is 2.47. The number of halogens is 2. The Kier molecular flexibility index (Phi) is 4.80. The highest BCUT2D eigenvalue weighted by atomic mass is 79.9. The van der Waals surface area contributed by atoms with E-state index in [1.165, 1.54) is 18.2 Å². The largest absolute Gasteiger partial charge is 0.496 e. The molecule has 0 radical (unpaired) electrons. The Morgan fingerprint density at radius 1 is 1.33 bits per heavy atom. The number of carbonyl (C=O) groups excluding carboxylic acids is 1. The number of nitrogen functional groups attached to an aromatic ring is 1. The summed E-state index contributed by atoms with van der Waals surface area (Å²) in [5.74, 6) is -0.0750. The number of rotatable bonds is 4. The fourth-order valence-electron chi connectivity index (χ4n) is 1.85. The van der Waals surface area contributed by atoms with E-state index in [9.17, 15) is 9.18 Å². The molecule has 21 heavy (non-hydrogen) atoms. The van der Waals surface area contributed by atoms with E-state index in [0.29, 0.717) is 17.0 Å². The highest BCUT2D eigenvalue weighted by Gasteiger charge is 2.10. The lowest BCUT2D eigenvalue weighted by molar-refractivity contribution is 0.0950. The van der Waals surface area contributed by atoms with Crippen LogP contribution in [0.25, 0.3) is 0 Å². The standard InChI is InChI=1S/C15H14BrFN2O2/c1-21-14-5-3-11(18)6-10(14)8-19-15(20)9-2-4-13(17)12(16)7-9/h2-7H,8,18H2,1H3,(H,19,20). The zero-order valence-corrected chi connectivity index (χ0v) is 12.9. The zero-order valence-electron chi connectivity index (χ0n) is 11.3. The second-order valence-corrected chi connectivity index (χ2v) is 5.24. The Labute approximate surface area is 130 Å². The molecule has 0 saturated heterocycles. The number of anilines is 1. The summed E-state index contributed by atoms with van der Waals surface area (Å²) in [7, 11) is 1.55. The number of methoxy groups -OCH3 is 1. The Morgan fingerprint density at radius 3 is 2.76 bits per heavy atom. The van der Waals surface area contributed by atoms with E-state index in [1.807, 2.05) is 0 Å². The molecule has 0 unspecified atom stereocenters. The third-order valence-corrected chi connectivity index (χ3v) is 3.53. The van der Waals surface area contributed by atoms with E-state index in [0.717, 1.165) is 5.56 Å². The molecule has 0 spiro atoms.